The molecular formula is C59H110O6. The fourth-order valence-corrected chi connectivity index (χ4v) is 8.55. The highest BCUT2D eigenvalue weighted by Crippen LogP contribution is 2.16. The molecule has 6 heteroatoms. The van der Waals surface area contributed by atoms with E-state index in [1.165, 1.54) is 218 Å². The lowest BCUT2D eigenvalue weighted by atomic mass is 10.0. The molecule has 0 unspecified atom stereocenters. The molecule has 0 aromatic carbocycles. The topological polar surface area (TPSA) is 78.9 Å². The summed E-state index contributed by atoms with van der Waals surface area (Å²) in [7, 11) is 0. The number of carbonyl (C=O) groups excluding carboxylic acids is 3. The van der Waals surface area contributed by atoms with E-state index in [2.05, 4.69) is 45.1 Å². The lowest BCUT2D eigenvalue weighted by Gasteiger charge is -2.18. The first-order valence-corrected chi connectivity index (χ1v) is 28.8. The molecule has 0 fully saturated rings. The molecule has 65 heavy (non-hydrogen) atoms. The van der Waals surface area contributed by atoms with Crippen molar-refractivity contribution in [2.24, 2.45) is 0 Å². The first-order valence-electron chi connectivity index (χ1n) is 28.8. The van der Waals surface area contributed by atoms with Crippen molar-refractivity contribution < 1.29 is 28.6 Å². The maximum Gasteiger partial charge on any atom is 0.306 e. The van der Waals surface area contributed by atoms with Crippen LogP contribution in [-0.2, 0) is 28.6 Å². The summed E-state index contributed by atoms with van der Waals surface area (Å²) in [6.45, 7) is 6.67. The summed E-state index contributed by atoms with van der Waals surface area (Å²) in [4.78, 5) is 38.1. The zero-order chi connectivity index (χ0) is 47.2. The summed E-state index contributed by atoms with van der Waals surface area (Å²) in [5.41, 5.74) is 0. The van der Waals surface area contributed by atoms with Gasteiger partial charge in [-0.2, -0.15) is 0 Å². The van der Waals surface area contributed by atoms with Crippen LogP contribution in [0.25, 0.3) is 0 Å². The van der Waals surface area contributed by atoms with Crippen molar-refractivity contribution in [2.45, 2.75) is 322 Å². The molecule has 0 saturated carbocycles. The molecule has 0 N–H and O–H groups in total. The van der Waals surface area contributed by atoms with E-state index in [4.69, 9.17) is 14.2 Å². The quantitative estimate of drug-likeness (QED) is 0.0262. The molecule has 0 aliphatic carbocycles. The Labute approximate surface area is 404 Å². The highest BCUT2D eigenvalue weighted by Gasteiger charge is 2.19. The zero-order valence-corrected chi connectivity index (χ0v) is 43.8. The van der Waals surface area contributed by atoms with Crippen molar-refractivity contribution in [3.63, 3.8) is 0 Å². The smallest absolute Gasteiger partial charge is 0.306 e. The van der Waals surface area contributed by atoms with Crippen molar-refractivity contribution in [3.8, 4) is 0 Å². The van der Waals surface area contributed by atoms with E-state index in [9.17, 15) is 14.4 Å². The second-order valence-corrected chi connectivity index (χ2v) is 19.6. The standard InChI is InChI=1S/C59H110O6/c1-4-7-10-13-16-19-22-25-27-29-31-34-36-39-42-45-48-51-57(60)63-54-56(65-59(62)53-50-47-44-41-38-33-24-21-18-15-12-9-6-3)55-64-58(61)52-49-46-43-40-37-35-32-30-28-26-23-20-17-14-11-8-5-2/h25-28,56H,4-24,29-55H2,1-3H3/b27-25-,28-26-. The summed E-state index contributed by atoms with van der Waals surface area (Å²) in [5.74, 6) is -0.860. The lowest BCUT2D eigenvalue weighted by Crippen LogP contribution is -2.30. The van der Waals surface area contributed by atoms with Crippen LogP contribution in [0.4, 0.5) is 0 Å². The van der Waals surface area contributed by atoms with Gasteiger partial charge in [-0.3, -0.25) is 14.4 Å². The first-order chi connectivity index (χ1) is 32.0. The number of unbranched alkanes of at least 4 members (excludes halogenated alkanes) is 38. The maximum absolute atomic E-state index is 12.8. The predicted octanol–water partition coefficient (Wildman–Crippen LogP) is 19.1. The van der Waals surface area contributed by atoms with Crippen LogP contribution in [0.2, 0.25) is 0 Å². The van der Waals surface area contributed by atoms with Gasteiger partial charge in [-0.25, -0.2) is 0 Å². The van der Waals surface area contributed by atoms with Crippen molar-refractivity contribution >= 4 is 17.9 Å². The van der Waals surface area contributed by atoms with Crippen LogP contribution in [0, 0.1) is 0 Å². The van der Waals surface area contributed by atoms with E-state index >= 15 is 0 Å². The van der Waals surface area contributed by atoms with Crippen molar-refractivity contribution in [2.75, 3.05) is 13.2 Å². The minimum absolute atomic E-state index is 0.0707. The maximum atomic E-state index is 12.8. The van der Waals surface area contributed by atoms with E-state index in [1.807, 2.05) is 0 Å². The third-order valence-electron chi connectivity index (χ3n) is 12.9. The van der Waals surface area contributed by atoms with Gasteiger partial charge in [-0.15, -0.1) is 0 Å². The number of rotatable bonds is 53. The molecule has 0 saturated heterocycles. The van der Waals surface area contributed by atoms with Gasteiger partial charge < -0.3 is 14.2 Å². The van der Waals surface area contributed by atoms with Crippen molar-refractivity contribution in [1.82, 2.24) is 0 Å². The molecule has 0 radical (unpaired) electrons. The molecule has 0 spiro atoms. The first kappa shape index (κ1) is 62.9. The Hall–Kier alpha value is -2.11. The van der Waals surface area contributed by atoms with Gasteiger partial charge in [0.15, 0.2) is 6.10 Å². The van der Waals surface area contributed by atoms with E-state index < -0.39 is 6.10 Å². The van der Waals surface area contributed by atoms with Crippen LogP contribution < -0.4 is 0 Å². The number of ether oxygens (including phenoxy) is 3. The Morgan fingerprint density at radius 2 is 0.508 bits per heavy atom. The lowest BCUT2D eigenvalue weighted by molar-refractivity contribution is -0.167. The molecule has 0 heterocycles. The van der Waals surface area contributed by atoms with Gasteiger partial charge in [0.1, 0.15) is 13.2 Å². The Bertz CT molecular complexity index is 992. The summed E-state index contributed by atoms with van der Waals surface area (Å²) in [6.07, 6.45) is 63.0. The average molecular weight is 916 g/mol. The van der Waals surface area contributed by atoms with Crippen LogP contribution in [0.15, 0.2) is 24.3 Å². The monoisotopic (exact) mass is 915 g/mol. The van der Waals surface area contributed by atoms with Gasteiger partial charge in [0.2, 0.25) is 0 Å². The number of allylic oxidation sites excluding steroid dienone is 4. The third kappa shape index (κ3) is 52.7. The molecule has 0 aromatic rings. The predicted molar refractivity (Wildman–Crippen MR) is 279 cm³/mol. The molecular weight excluding hydrogens is 805 g/mol. The minimum Gasteiger partial charge on any atom is -0.462 e. The van der Waals surface area contributed by atoms with Crippen molar-refractivity contribution in [3.05, 3.63) is 24.3 Å². The summed E-state index contributed by atoms with van der Waals surface area (Å²) in [6, 6.07) is 0. The second kappa shape index (κ2) is 54.5. The number of esters is 3. The van der Waals surface area contributed by atoms with E-state index in [0.717, 1.165) is 57.8 Å². The number of carbonyl (C=O) groups is 3. The van der Waals surface area contributed by atoms with E-state index in [1.54, 1.807) is 0 Å². The van der Waals surface area contributed by atoms with Gasteiger partial charge in [0.25, 0.3) is 0 Å². The summed E-state index contributed by atoms with van der Waals surface area (Å²) < 4.78 is 16.9. The summed E-state index contributed by atoms with van der Waals surface area (Å²) >= 11 is 0. The van der Waals surface area contributed by atoms with Gasteiger partial charge in [-0.1, -0.05) is 251 Å². The van der Waals surface area contributed by atoms with Crippen LogP contribution >= 0.6 is 0 Å². The van der Waals surface area contributed by atoms with Gasteiger partial charge in [-0.05, 0) is 70.6 Å². The minimum atomic E-state index is -0.770. The molecule has 0 amide bonds. The molecule has 0 aliphatic rings. The Kier molecular flexibility index (Phi) is 52.7. The van der Waals surface area contributed by atoms with E-state index in [-0.39, 0.29) is 31.1 Å². The molecule has 0 aromatic heterocycles. The fraction of sp³-hybridized carbons (Fsp3) is 0.881. The summed E-state index contributed by atoms with van der Waals surface area (Å²) in [5, 5.41) is 0. The molecule has 0 bridgehead atoms. The molecule has 382 valence electrons. The Balaban J connectivity index is 4.32. The Morgan fingerprint density at radius 3 is 0.769 bits per heavy atom. The van der Waals surface area contributed by atoms with Gasteiger partial charge in [0.05, 0.1) is 0 Å². The number of hydrogen-bond donors (Lipinski definition) is 0. The highest BCUT2D eigenvalue weighted by atomic mass is 16.6. The molecule has 6 nitrogen and oxygen atoms in total. The van der Waals surface area contributed by atoms with Gasteiger partial charge >= 0.3 is 17.9 Å². The largest absolute Gasteiger partial charge is 0.462 e. The zero-order valence-electron chi connectivity index (χ0n) is 43.8. The third-order valence-corrected chi connectivity index (χ3v) is 12.9. The Morgan fingerprint density at radius 1 is 0.292 bits per heavy atom. The SMILES string of the molecule is CCCCCCCC/C=C\CCCCCCCCCC(=O)OCC(COC(=O)CCCCCCCCC/C=C\CCCCCCCC)OC(=O)CCCCCCCCCCCCCCC. The molecule has 0 rings (SSSR count). The van der Waals surface area contributed by atoms with E-state index in [0.29, 0.717) is 19.3 Å². The second-order valence-electron chi connectivity index (χ2n) is 19.6. The molecule has 0 aliphatic heterocycles. The highest BCUT2D eigenvalue weighted by molar-refractivity contribution is 5.71. The normalized spacial score (nSPS) is 11.7. The number of hydrogen-bond acceptors (Lipinski definition) is 6. The van der Waals surface area contributed by atoms with Crippen molar-refractivity contribution in [1.29, 1.82) is 0 Å². The van der Waals surface area contributed by atoms with Crippen LogP contribution in [0.1, 0.15) is 316 Å². The molecule has 0 atom stereocenters. The van der Waals surface area contributed by atoms with Crippen LogP contribution in [0.3, 0.4) is 0 Å². The van der Waals surface area contributed by atoms with Gasteiger partial charge in [0, 0.05) is 19.3 Å². The van der Waals surface area contributed by atoms with Crippen LogP contribution in [-0.4, -0.2) is 37.2 Å². The fourth-order valence-electron chi connectivity index (χ4n) is 8.55. The van der Waals surface area contributed by atoms with Crippen LogP contribution in [0.5, 0.6) is 0 Å². The average Bonchev–Trinajstić information content (AvgIpc) is 3.30.